The lowest BCUT2D eigenvalue weighted by molar-refractivity contribution is -0.116. The molecule has 5 rings (SSSR count). The molecule has 2 aromatic carbocycles. The van der Waals surface area contributed by atoms with Crippen LogP contribution >= 0.6 is 0 Å². The van der Waals surface area contributed by atoms with Gasteiger partial charge in [-0.2, -0.15) is 10.2 Å². The Kier molecular flexibility index (Phi) is 6.05. The molecule has 1 amide bonds. The second kappa shape index (κ2) is 9.33. The summed E-state index contributed by atoms with van der Waals surface area (Å²) < 4.78 is 30.0. The lowest BCUT2D eigenvalue weighted by atomic mass is 10.0. The monoisotopic (exact) mass is 486 g/mol. The van der Waals surface area contributed by atoms with Crippen LogP contribution in [0.3, 0.4) is 0 Å². The first kappa shape index (κ1) is 23.3. The van der Waals surface area contributed by atoms with Crippen molar-refractivity contribution >= 4 is 22.6 Å². The number of halogens is 2. The molecule has 0 bridgehead atoms. The van der Waals surface area contributed by atoms with E-state index in [1.54, 1.807) is 39.8 Å². The highest BCUT2D eigenvalue weighted by Gasteiger charge is 2.18. The normalized spacial score (nSPS) is 11.2. The molecule has 0 radical (unpaired) electrons. The number of nitrogens with one attached hydrogen (secondary N) is 1. The molecule has 0 fully saturated rings. The lowest BCUT2D eigenvalue weighted by Gasteiger charge is -2.08. The van der Waals surface area contributed by atoms with E-state index in [0.717, 1.165) is 33.5 Å². The molecule has 0 saturated carbocycles. The Morgan fingerprint density at radius 2 is 1.50 bits per heavy atom. The summed E-state index contributed by atoms with van der Waals surface area (Å²) in [5, 5.41) is 12.9. The number of aromatic nitrogens is 5. The van der Waals surface area contributed by atoms with Crippen molar-refractivity contribution in [1.29, 1.82) is 0 Å². The molecule has 9 heteroatoms. The van der Waals surface area contributed by atoms with Crippen molar-refractivity contribution < 1.29 is 13.6 Å². The van der Waals surface area contributed by atoms with Crippen LogP contribution in [-0.2, 0) is 17.9 Å². The van der Waals surface area contributed by atoms with Gasteiger partial charge in [0.25, 0.3) is 0 Å². The average Bonchev–Trinajstić information content (AvgIpc) is 3.31. The fourth-order valence-electron chi connectivity index (χ4n) is 4.37. The van der Waals surface area contributed by atoms with Gasteiger partial charge in [-0.1, -0.05) is 24.3 Å². The van der Waals surface area contributed by atoms with Crippen LogP contribution in [-0.4, -0.2) is 30.5 Å². The highest BCUT2D eigenvalue weighted by molar-refractivity contribution is 5.96. The zero-order valence-electron chi connectivity index (χ0n) is 20.1. The summed E-state index contributed by atoms with van der Waals surface area (Å²) in [6.45, 7) is 5.99. The van der Waals surface area contributed by atoms with Gasteiger partial charge in [-0.3, -0.25) is 9.48 Å². The zero-order valence-corrected chi connectivity index (χ0v) is 20.1. The second-order valence-corrected chi connectivity index (χ2v) is 8.69. The van der Waals surface area contributed by atoms with Gasteiger partial charge in [0, 0.05) is 11.6 Å². The maximum Gasteiger partial charge on any atom is 0.246 e. The lowest BCUT2D eigenvalue weighted by Crippen LogP contribution is -2.20. The minimum atomic E-state index is -0.306. The Hall–Kier alpha value is -4.40. The molecule has 0 spiro atoms. The van der Waals surface area contributed by atoms with Crippen molar-refractivity contribution in [2.75, 3.05) is 5.32 Å². The van der Waals surface area contributed by atoms with Crippen LogP contribution in [0.25, 0.3) is 22.2 Å². The predicted octanol–water partition coefficient (Wildman–Crippen LogP) is 5.19. The second-order valence-electron chi connectivity index (χ2n) is 8.69. The van der Waals surface area contributed by atoms with Crippen LogP contribution in [0.2, 0.25) is 0 Å². The van der Waals surface area contributed by atoms with E-state index < -0.39 is 0 Å². The number of fused-ring (bicyclic) bond motifs is 1. The quantitative estimate of drug-likeness (QED) is 0.359. The highest BCUT2D eigenvalue weighted by atomic mass is 19.1. The zero-order chi connectivity index (χ0) is 25.4. The number of hydrogen-bond acceptors (Lipinski definition) is 4. The van der Waals surface area contributed by atoms with Gasteiger partial charge >= 0.3 is 0 Å². The molecule has 3 aromatic heterocycles. The molecular weight excluding hydrogens is 462 g/mol. The molecule has 182 valence electrons. The summed E-state index contributed by atoms with van der Waals surface area (Å²) in [4.78, 5) is 17.5. The minimum Gasteiger partial charge on any atom is -0.321 e. The number of nitrogens with zero attached hydrogens (tertiary/aromatic N) is 5. The van der Waals surface area contributed by atoms with Crippen LogP contribution in [0.4, 0.5) is 14.5 Å². The molecule has 0 unspecified atom stereocenters. The number of benzene rings is 2. The summed E-state index contributed by atoms with van der Waals surface area (Å²) in [6.07, 6.45) is 1.66. The van der Waals surface area contributed by atoms with E-state index in [1.807, 2.05) is 26.8 Å². The minimum absolute atomic E-state index is 0.0355. The Morgan fingerprint density at radius 3 is 2.19 bits per heavy atom. The van der Waals surface area contributed by atoms with Crippen molar-refractivity contribution in [2.45, 2.75) is 33.9 Å². The standard InChI is InChI=1S/C27H24F2N6O/c1-16-25-23(20-6-10-22(29)11-7-20)12-13-30-27(25)35(32-16)15-24(36)31-26-17(2)33-34(18(26)3)14-19-4-8-21(28)9-5-19/h4-13H,14-15H2,1-3H3,(H,31,36). The van der Waals surface area contributed by atoms with Gasteiger partial charge in [0.2, 0.25) is 5.91 Å². The number of amides is 1. The molecule has 36 heavy (non-hydrogen) atoms. The molecule has 0 atom stereocenters. The summed E-state index contributed by atoms with van der Waals surface area (Å²) in [5.74, 6) is -0.860. The summed E-state index contributed by atoms with van der Waals surface area (Å²) in [5.41, 5.74) is 6.03. The molecule has 0 aliphatic rings. The van der Waals surface area contributed by atoms with Crippen molar-refractivity contribution in [3.05, 3.63) is 95.1 Å². The number of aryl methyl sites for hydroxylation is 2. The molecule has 1 N–H and O–H groups in total. The van der Waals surface area contributed by atoms with Gasteiger partial charge in [-0.15, -0.1) is 0 Å². The third kappa shape index (κ3) is 4.47. The fourth-order valence-corrected chi connectivity index (χ4v) is 4.37. The van der Waals surface area contributed by atoms with Crippen molar-refractivity contribution in [3.63, 3.8) is 0 Å². The molecular formula is C27H24F2N6O. The maximum absolute atomic E-state index is 13.4. The van der Waals surface area contributed by atoms with Gasteiger partial charge in [0.05, 0.1) is 29.3 Å². The van der Waals surface area contributed by atoms with Gasteiger partial charge in [-0.05, 0) is 67.8 Å². The van der Waals surface area contributed by atoms with Crippen molar-refractivity contribution in [3.8, 4) is 11.1 Å². The van der Waals surface area contributed by atoms with Gasteiger partial charge in [-0.25, -0.2) is 18.4 Å². The van der Waals surface area contributed by atoms with Crippen molar-refractivity contribution in [2.24, 2.45) is 0 Å². The van der Waals surface area contributed by atoms with Gasteiger partial charge in [0.1, 0.15) is 18.2 Å². The third-order valence-electron chi connectivity index (χ3n) is 6.15. The van der Waals surface area contributed by atoms with Gasteiger partial charge < -0.3 is 5.32 Å². The average molecular weight is 487 g/mol. The Bertz CT molecular complexity index is 1570. The molecule has 3 heterocycles. The number of carbonyl (C=O) groups is 1. The summed E-state index contributed by atoms with van der Waals surface area (Å²) >= 11 is 0. The highest BCUT2D eigenvalue weighted by Crippen LogP contribution is 2.30. The van der Waals surface area contributed by atoms with Crippen LogP contribution in [0.5, 0.6) is 0 Å². The largest absolute Gasteiger partial charge is 0.321 e. The van der Waals surface area contributed by atoms with E-state index in [2.05, 4.69) is 20.5 Å². The summed E-state index contributed by atoms with van der Waals surface area (Å²) in [6, 6.07) is 14.4. The van der Waals surface area contributed by atoms with E-state index >= 15 is 0 Å². The molecule has 5 aromatic rings. The number of anilines is 1. The van der Waals surface area contributed by atoms with Crippen LogP contribution in [0.15, 0.2) is 60.8 Å². The third-order valence-corrected chi connectivity index (χ3v) is 6.15. The topological polar surface area (TPSA) is 77.6 Å². The SMILES string of the molecule is Cc1nn(Cc2ccc(F)cc2)c(C)c1NC(=O)Cn1nc(C)c2c(-c3ccc(F)cc3)ccnc21. The number of pyridine rings is 1. The van der Waals surface area contributed by atoms with E-state index in [-0.39, 0.29) is 24.1 Å². The number of rotatable bonds is 6. The number of carbonyl (C=O) groups excluding carboxylic acids is 1. The van der Waals surface area contributed by atoms with Crippen LogP contribution in [0, 0.1) is 32.4 Å². The van der Waals surface area contributed by atoms with Crippen molar-refractivity contribution in [1.82, 2.24) is 24.5 Å². The molecule has 0 saturated heterocycles. The van der Waals surface area contributed by atoms with E-state index in [4.69, 9.17) is 0 Å². The van der Waals surface area contributed by atoms with Gasteiger partial charge in [0.15, 0.2) is 5.65 Å². The first-order chi connectivity index (χ1) is 17.3. The molecule has 0 aliphatic carbocycles. The molecule has 7 nitrogen and oxygen atoms in total. The Balaban J connectivity index is 1.38. The number of hydrogen-bond donors (Lipinski definition) is 1. The Morgan fingerprint density at radius 1 is 0.861 bits per heavy atom. The van der Waals surface area contributed by atoms with E-state index in [9.17, 15) is 13.6 Å². The fraction of sp³-hybridized carbons (Fsp3) is 0.185. The van der Waals surface area contributed by atoms with E-state index in [1.165, 1.54) is 24.3 Å². The van der Waals surface area contributed by atoms with Crippen LogP contribution in [0.1, 0.15) is 22.6 Å². The summed E-state index contributed by atoms with van der Waals surface area (Å²) in [7, 11) is 0. The first-order valence-electron chi connectivity index (χ1n) is 11.5. The first-order valence-corrected chi connectivity index (χ1v) is 11.5. The maximum atomic E-state index is 13.4. The predicted molar refractivity (Wildman–Crippen MR) is 133 cm³/mol. The van der Waals surface area contributed by atoms with Crippen LogP contribution < -0.4 is 5.32 Å². The molecule has 0 aliphatic heterocycles. The smallest absolute Gasteiger partial charge is 0.246 e. The Labute approximate surface area is 206 Å². The van der Waals surface area contributed by atoms with E-state index in [0.29, 0.717) is 23.6 Å².